The van der Waals surface area contributed by atoms with Crippen LogP contribution in [-0.2, 0) is 14.6 Å². The van der Waals surface area contributed by atoms with E-state index < -0.39 is 45.4 Å². The first-order valence-electron chi connectivity index (χ1n) is 10.9. The molecule has 1 aliphatic heterocycles. The van der Waals surface area contributed by atoms with E-state index in [1.165, 1.54) is 17.2 Å². The standard InChI is InChI=1S/C23H24ClF2N3O4S/c1-12-5-20(29(11-12)23(31)14-6-15(10-27-9-14)34(2,32)33)22(30)28-21(13-3-4-13)16-7-19(26)17(24)8-18(16)25/h6-10,12-13,20-21H,3-5,11H2,1-2H3,(H,28,30)/t12-,20-,21-/m1/s1. The maximum Gasteiger partial charge on any atom is 0.256 e. The van der Waals surface area contributed by atoms with Gasteiger partial charge in [-0.1, -0.05) is 18.5 Å². The van der Waals surface area contributed by atoms with E-state index in [1.807, 2.05) is 6.92 Å². The first-order valence-corrected chi connectivity index (χ1v) is 13.1. The number of pyridine rings is 1. The van der Waals surface area contributed by atoms with Gasteiger partial charge in [0.25, 0.3) is 5.91 Å². The van der Waals surface area contributed by atoms with Crippen molar-refractivity contribution in [2.45, 2.75) is 43.2 Å². The van der Waals surface area contributed by atoms with Crippen molar-refractivity contribution in [2.24, 2.45) is 11.8 Å². The van der Waals surface area contributed by atoms with Crippen molar-refractivity contribution < 1.29 is 26.8 Å². The minimum Gasteiger partial charge on any atom is -0.347 e. The molecule has 1 saturated carbocycles. The largest absolute Gasteiger partial charge is 0.347 e. The molecular formula is C23H24ClF2N3O4S. The maximum absolute atomic E-state index is 14.6. The molecule has 1 aromatic carbocycles. The van der Waals surface area contributed by atoms with E-state index in [-0.39, 0.29) is 39.4 Å². The number of nitrogens with zero attached hydrogens (tertiary/aromatic N) is 2. The first-order chi connectivity index (χ1) is 16.0. The lowest BCUT2D eigenvalue weighted by molar-refractivity contribution is -0.125. The molecule has 0 bridgehead atoms. The lowest BCUT2D eigenvalue weighted by atomic mass is 10.00. The number of hydrogen-bond donors (Lipinski definition) is 1. The molecule has 11 heteroatoms. The molecule has 1 aromatic heterocycles. The van der Waals surface area contributed by atoms with Crippen LogP contribution >= 0.6 is 11.6 Å². The van der Waals surface area contributed by atoms with E-state index in [1.54, 1.807) is 0 Å². The van der Waals surface area contributed by atoms with Gasteiger partial charge in [0.2, 0.25) is 5.91 Å². The third-order valence-corrected chi connectivity index (χ3v) is 7.60. The van der Waals surface area contributed by atoms with Gasteiger partial charge in [0.1, 0.15) is 17.7 Å². The molecule has 3 atom stereocenters. The molecule has 2 fully saturated rings. The van der Waals surface area contributed by atoms with Crippen LogP contribution in [0.2, 0.25) is 5.02 Å². The van der Waals surface area contributed by atoms with E-state index in [0.717, 1.165) is 37.4 Å². The normalized spacial score (nSPS) is 21.4. The summed E-state index contributed by atoms with van der Waals surface area (Å²) in [5.74, 6) is -2.51. The molecule has 2 heterocycles. The fourth-order valence-corrected chi connectivity index (χ4v) is 5.07. The van der Waals surface area contributed by atoms with E-state index in [9.17, 15) is 26.8 Å². The second-order valence-electron chi connectivity index (χ2n) is 9.11. The summed E-state index contributed by atoms with van der Waals surface area (Å²) >= 11 is 5.67. The SMILES string of the molecule is C[C@@H]1C[C@H](C(=O)N[C@@H](c2cc(F)c(Cl)cc2F)C2CC2)N(C(=O)c2cncc(S(C)(=O)=O)c2)C1. The Hall–Kier alpha value is -2.59. The Labute approximate surface area is 201 Å². The number of carbonyl (C=O) groups is 2. The Morgan fingerprint density at radius 1 is 1.18 bits per heavy atom. The van der Waals surface area contributed by atoms with E-state index in [0.29, 0.717) is 6.42 Å². The molecule has 7 nitrogen and oxygen atoms in total. The van der Waals surface area contributed by atoms with Gasteiger partial charge < -0.3 is 10.2 Å². The zero-order valence-electron chi connectivity index (χ0n) is 18.6. The highest BCUT2D eigenvalue weighted by Gasteiger charge is 2.42. The Balaban J connectivity index is 1.58. The van der Waals surface area contributed by atoms with Crippen molar-refractivity contribution in [1.82, 2.24) is 15.2 Å². The molecule has 4 rings (SSSR count). The summed E-state index contributed by atoms with van der Waals surface area (Å²) in [5.41, 5.74) is 0.0751. The summed E-state index contributed by atoms with van der Waals surface area (Å²) in [4.78, 5) is 31.6. The number of halogens is 3. The molecule has 1 saturated heterocycles. The Morgan fingerprint density at radius 2 is 1.88 bits per heavy atom. The number of rotatable bonds is 6. The number of sulfone groups is 1. The van der Waals surface area contributed by atoms with Crippen LogP contribution in [0.3, 0.4) is 0 Å². The molecule has 1 aliphatic carbocycles. The number of carbonyl (C=O) groups excluding carboxylic acids is 2. The second kappa shape index (κ2) is 9.22. The van der Waals surface area contributed by atoms with E-state index in [2.05, 4.69) is 10.3 Å². The van der Waals surface area contributed by atoms with Gasteiger partial charge in [-0.3, -0.25) is 14.6 Å². The van der Waals surface area contributed by atoms with Crippen molar-refractivity contribution in [2.75, 3.05) is 12.8 Å². The highest BCUT2D eigenvalue weighted by atomic mass is 35.5. The van der Waals surface area contributed by atoms with Gasteiger partial charge in [-0.2, -0.15) is 0 Å². The highest BCUT2D eigenvalue weighted by molar-refractivity contribution is 7.90. The average molecular weight is 512 g/mol. The Kier molecular flexibility index (Phi) is 6.65. The molecule has 0 radical (unpaired) electrons. The molecule has 2 aromatic rings. The van der Waals surface area contributed by atoms with Gasteiger partial charge in [-0.05, 0) is 49.3 Å². The van der Waals surface area contributed by atoms with E-state index in [4.69, 9.17) is 11.6 Å². The van der Waals surface area contributed by atoms with Gasteiger partial charge in [0.05, 0.1) is 21.5 Å². The van der Waals surface area contributed by atoms with Crippen LogP contribution in [0.5, 0.6) is 0 Å². The number of benzene rings is 1. The van der Waals surface area contributed by atoms with Crippen LogP contribution in [0.15, 0.2) is 35.5 Å². The number of nitrogens with one attached hydrogen (secondary N) is 1. The number of hydrogen-bond acceptors (Lipinski definition) is 5. The highest BCUT2D eigenvalue weighted by Crippen LogP contribution is 2.42. The maximum atomic E-state index is 14.6. The van der Waals surface area contributed by atoms with E-state index >= 15 is 0 Å². The van der Waals surface area contributed by atoms with Crippen molar-refractivity contribution in [1.29, 1.82) is 0 Å². The second-order valence-corrected chi connectivity index (χ2v) is 11.5. The molecule has 2 amide bonds. The van der Waals surface area contributed by atoms with Crippen molar-refractivity contribution in [3.63, 3.8) is 0 Å². The molecule has 2 aliphatic rings. The lowest BCUT2D eigenvalue weighted by Gasteiger charge is -2.27. The van der Waals surface area contributed by atoms with Crippen LogP contribution in [0, 0.1) is 23.5 Å². The van der Waals surface area contributed by atoms with Crippen LogP contribution in [-0.4, -0.2) is 49.0 Å². The zero-order valence-corrected chi connectivity index (χ0v) is 20.2. The lowest BCUT2D eigenvalue weighted by Crippen LogP contribution is -2.47. The topological polar surface area (TPSA) is 96.4 Å². The van der Waals surface area contributed by atoms with Crippen LogP contribution < -0.4 is 5.32 Å². The van der Waals surface area contributed by atoms with Crippen LogP contribution in [0.25, 0.3) is 0 Å². The quantitative estimate of drug-likeness (QED) is 0.598. The van der Waals surface area contributed by atoms with Gasteiger partial charge >= 0.3 is 0 Å². The predicted molar refractivity (Wildman–Crippen MR) is 121 cm³/mol. The van der Waals surface area contributed by atoms with Gasteiger partial charge in [0.15, 0.2) is 9.84 Å². The fraction of sp³-hybridized carbons (Fsp3) is 0.435. The average Bonchev–Trinajstić information content (AvgIpc) is 3.54. The molecule has 1 N–H and O–H groups in total. The minimum atomic E-state index is -3.57. The summed E-state index contributed by atoms with van der Waals surface area (Å²) in [6.45, 7) is 2.18. The zero-order chi connectivity index (χ0) is 24.8. The van der Waals surface area contributed by atoms with Crippen molar-refractivity contribution in [3.05, 3.63) is 58.4 Å². The van der Waals surface area contributed by atoms with Gasteiger partial charge in [0, 0.05) is 30.8 Å². The number of aromatic nitrogens is 1. The molecule has 182 valence electrons. The molecule has 0 unspecified atom stereocenters. The number of amides is 2. The first kappa shape index (κ1) is 24.5. The number of likely N-dealkylation sites (tertiary alicyclic amines) is 1. The smallest absolute Gasteiger partial charge is 0.256 e. The summed E-state index contributed by atoms with van der Waals surface area (Å²) in [5, 5.41) is 2.48. The molecular weight excluding hydrogens is 488 g/mol. The van der Waals surface area contributed by atoms with Gasteiger partial charge in [-0.15, -0.1) is 0 Å². The van der Waals surface area contributed by atoms with Crippen molar-refractivity contribution in [3.8, 4) is 0 Å². The Bertz CT molecular complexity index is 1250. The summed E-state index contributed by atoms with van der Waals surface area (Å²) in [6.07, 6.45) is 5.32. The molecule has 0 spiro atoms. The van der Waals surface area contributed by atoms with Crippen molar-refractivity contribution >= 4 is 33.3 Å². The molecule has 34 heavy (non-hydrogen) atoms. The fourth-order valence-electron chi connectivity index (χ4n) is 4.33. The van der Waals surface area contributed by atoms with Gasteiger partial charge in [-0.25, -0.2) is 17.2 Å². The summed E-state index contributed by atoms with van der Waals surface area (Å²) in [7, 11) is -3.57. The summed E-state index contributed by atoms with van der Waals surface area (Å²) in [6, 6.07) is 1.54. The minimum absolute atomic E-state index is 0.00911. The third kappa shape index (κ3) is 5.07. The van der Waals surface area contributed by atoms with Crippen LogP contribution in [0.4, 0.5) is 8.78 Å². The third-order valence-electron chi connectivity index (χ3n) is 6.23. The van der Waals surface area contributed by atoms with Crippen LogP contribution in [0.1, 0.15) is 48.1 Å². The summed E-state index contributed by atoms with van der Waals surface area (Å²) < 4.78 is 52.4. The monoisotopic (exact) mass is 511 g/mol. The predicted octanol–water partition coefficient (Wildman–Crippen LogP) is 3.53. The Morgan fingerprint density at radius 3 is 2.53 bits per heavy atom.